The van der Waals surface area contributed by atoms with E-state index < -0.39 is 95.1 Å². The molecule has 5 N–H and O–H groups in total. The number of carbonyl (C=O) groups excluding carboxylic acids is 1. The van der Waals surface area contributed by atoms with Crippen LogP contribution in [0.15, 0.2) is 35.8 Å². The zero-order chi connectivity index (χ0) is 52.5. The summed E-state index contributed by atoms with van der Waals surface area (Å²) in [5.41, 5.74) is -2.98. The lowest BCUT2D eigenvalue weighted by atomic mass is 9.70. The number of ether oxygens (including phenoxy) is 6. The fourth-order valence-electron chi connectivity index (χ4n) is 12.2. The fourth-order valence-corrected chi connectivity index (χ4v) is 12.6. The predicted octanol–water partition coefficient (Wildman–Crippen LogP) is 4.12. The number of aryl methyl sites for hydroxylation is 1. The third kappa shape index (κ3) is 11.9. The molecule has 2 aromatic heterocycles. The van der Waals surface area contributed by atoms with Gasteiger partial charge in [-0.1, -0.05) is 37.4 Å². The molecule has 19 nitrogen and oxygen atoms in total. The summed E-state index contributed by atoms with van der Waals surface area (Å²) in [4.78, 5) is 18.7. The minimum atomic E-state index is -1.80. The minimum absolute atomic E-state index is 0.131. The van der Waals surface area contributed by atoms with Gasteiger partial charge in [0.05, 0.1) is 47.7 Å². The Morgan fingerprint density at radius 2 is 1.71 bits per heavy atom. The van der Waals surface area contributed by atoms with Crippen LogP contribution in [0.3, 0.4) is 0 Å². The first-order valence-electron chi connectivity index (χ1n) is 26.0. The van der Waals surface area contributed by atoms with Gasteiger partial charge in [-0.05, 0) is 116 Å². The summed E-state index contributed by atoms with van der Waals surface area (Å²) in [6, 6.07) is 6.87. The lowest BCUT2D eigenvalue weighted by molar-refractivity contribution is -0.297. The highest BCUT2D eigenvalue weighted by atomic mass is 32.1. The first kappa shape index (κ1) is 56.5. The quantitative estimate of drug-likeness (QED) is 0.106. The number of aromatic nitrogens is 5. The average Bonchev–Trinajstić information content (AvgIpc) is 3.74. The third-order valence-corrected chi connectivity index (χ3v) is 17.4. The van der Waals surface area contributed by atoms with E-state index in [1.165, 1.54) is 18.5 Å². The van der Waals surface area contributed by atoms with Gasteiger partial charge in [-0.3, -0.25) is 9.48 Å². The molecule has 5 heterocycles. The number of nitrogens with zero attached hydrogens (tertiary/aromatic N) is 7. The van der Waals surface area contributed by atoms with E-state index in [1.807, 2.05) is 94.1 Å². The Labute approximate surface area is 429 Å². The number of carbonyl (C=O) groups is 1. The molecule has 20 heteroatoms. The summed E-state index contributed by atoms with van der Waals surface area (Å²) in [5.74, 6) is -2.20. The van der Waals surface area contributed by atoms with Crippen molar-refractivity contribution in [3.05, 3.63) is 41.5 Å². The number of likely N-dealkylation sites (N-methyl/N-ethyl adjacent to an activating group) is 2. The van der Waals surface area contributed by atoms with Crippen molar-refractivity contribution in [1.82, 2.24) is 34.4 Å². The van der Waals surface area contributed by atoms with Gasteiger partial charge in [0, 0.05) is 87.6 Å². The molecule has 0 bridgehead atoms. The van der Waals surface area contributed by atoms with Gasteiger partial charge in [-0.25, -0.2) is 0 Å². The summed E-state index contributed by atoms with van der Waals surface area (Å²) in [6.45, 7) is 18.6. The Bertz CT molecular complexity index is 2210. The molecule has 1 saturated carbocycles. The second-order valence-corrected chi connectivity index (χ2v) is 22.8. The molecule has 72 heavy (non-hydrogen) atoms. The topological polar surface area (TPSA) is 237 Å². The molecular weight excluding hydrogens is 947 g/mol. The summed E-state index contributed by atoms with van der Waals surface area (Å²) in [6.07, 6.45) is -2.58. The second kappa shape index (κ2) is 22.9. The number of esters is 1. The Hall–Kier alpha value is -3.25. The minimum Gasteiger partial charge on any atom is -0.494 e. The van der Waals surface area contributed by atoms with Crippen LogP contribution >= 0.6 is 11.5 Å². The van der Waals surface area contributed by atoms with E-state index in [2.05, 4.69) is 24.8 Å². The molecule has 0 spiro atoms. The number of hydrogen-bond acceptors (Lipinski definition) is 19. The number of cyclic esters (lactones) is 1. The maximum atomic E-state index is 14.7. The highest BCUT2D eigenvalue weighted by Crippen LogP contribution is 2.63. The Balaban J connectivity index is 1.08. The van der Waals surface area contributed by atoms with Gasteiger partial charge in [-0.2, -0.15) is 0 Å². The van der Waals surface area contributed by atoms with Crippen molar-refractivity contribution in [3.8, 4) is 17.0 Å². The van der Waals surface area contributed by atoms with Crippen LogP contribution in [0.5, 0.6) is 5.75 Å². The summed E-state index contributed by atoms with van der Waals surface area (Å²) < 4.78 is 44.2. The van der Waals surface area contributed by atoms with E-state index in [0.717, 1.165) is 29.1 Å². The monoisotopic (exact) mass is 1030 g/mol. The summed E-state index contributed by atoms with van der Waals surface area (Å²) in [7, 11) is 5.37. The molecule has 1 aromatic carbocycles. The molecule has 404 valence electrons. The van der Waals surface area contributed by atoms with Crippen molar-refractivity contribution >= 4 is 17.5 Å². The van der Waals surface area contributed by atoms with Crippen molar-refractivity contribution in [2.75, 3.05) is 40.9 Å². The molecule has 4 aliphatic rings. The maximum Gasteiger partial charge on any atom is 0.309 e. The van der Waals surface area contributed by atoms with Crippen molar-refractivity contribution in [3.63, 3.8) is 0 Å². The predicted molar refractivity (Wildman–Crippen MR) is 269 cm³/mol. The van der Waals surface area contributed by atoms with Gasteiger partial charge in [0.25, 0.3) is 0 Å². The van der Waals surface area contributed by atoms with Crippen molar-refractivity contribution in [2.24, 2.45) is 23.7 Å². The molecule has 18 atom stereocenters. The molecule has 1 aliphatic carbocycles. The van der Waals surface area contributed by atoms with E-state index in [9.17, 15) is 30.3 Å². The van der Waals surface area contributed by atoms with E-state index in [4.69, 9.17) is 28.4 Å². The third-order valence-electron chi connectivity index (χ3n) is 16.9. The average molecular weight is 1030 g/mol. The van der Waals surface area contributed by atoms with Crippen molar-refractivity contribution in [1.29, 1.82) is 0 Å². The number of methoxy groups -OCH3 is 1. The molecular formula is C52H83N7O12S. The number of aliphatic hydroxyl groups excluding tert-OH is 3. The van der Waals surface area contributed by atoms with Crippen LogP contribution in [0.25, 0.3) is 11.3 Å². The number of aliphatic hydroxyl groups is 5. The SMILES string of the molecule is CC[C@H]1OC(=O)[C@H](C)[C@@H](C2C[C@@](C)(OC)[C@@H](O)[C@H](C)O2)[C@H](C)[C@]2(O[C@@H]3O[C@H](C)C[C@H](N(C)CCc4cn(CCCOc5ccc(-c6csnn6)cc5)nn4)[C@H]3O)C[C@@]2(O)C[C@@H](C)CN(C)[C@H](C)[C@@H](O)[C@]1(C)O. The molecule has 4 fully saturated rings. The van der Waals surface area contributed by atoms with Crippen LogP contribution in [0, 0.1) is 23.7 Å². The first-order valence-corrected chi connectivity index (χ1v) is 26.8. The summed E-state index contributed by atoms with van der Waals surface area (Å²) >= 11 is 1.32. The van der Waals surface area contributed by atoms with Crippen LogP contribution in [-0.4, -0.2) is 190 Å². The highest BCUT2D eigenvalue weighted by Gasteiger charge is 2.74. The smallest absolute Gasteiger partial charge is 0.309 e. The Morgan fingerprint density at radius 1 is 0.986 bits per heavy atom. The van der Waals surface area contributed by atoms with Crippen LogP contribution < -0.4 is 4.74 Å². The Morgan fingerprint density at radius 3 is 2.38 bits per heavy atom. The molecule has 3 aromatic rings. The van der Waals surface area contributed by atoms with Gasteiger partial charge in [-0.15, -0.1) is 10.2 Å². The van der Waals surface area contributed by atoms with Crippen LogP contribution in [0.1, 0.15) is 107 Å². The van der Waals surface area contributed by atoms with Gasteiger partial charge in [0.15, 0.2) is 6.29 Å². The van der Waals surface area contributed by atoms with E-state index in [-0.39, 0.29) is 43.7 Å². The van der Waals surface area contributed by atoms with Gasteiger partial charge >= 0.3 is 5.97 Å². The number of rotatable bonds is 15. The van der Waals surface area contributed by atoms with Gasteiger partial charge in [0.1, 0.15) is 47.1 Å². The first-order chi connectivity index (χ1) is 34.0. The van der Waals surface area contributed by atoms with Crippen molar-refractivity contribution < 1.29 is 58.7 Å². The largest absolute Gasteiger partial charge is 0.494 e. The van der Waals surface area contributed by atoms with Crippen LogP contribution in [0.2, 0.25) is 0 Å². The van der Waals surface area contributed by atoms with Gasteiger partial charge < -0.3 is 63.8 Å². The molecule has 7 rings (SSSR count). The number of hydrogen-bond donors (Lipinski definition) is 5. The standard InChI is InChI=1S/C52H83N7O12S/c1-13-42-50(9,64)45(61)34(6)58(11)26-30(2)24-51(65)29-52(51,33(5)43(32(4)47(63)70-42)41-25-49(8,66-12)46(62)35(7)69-41)71-48-44(60)40(23-31(3)68-48)57(10)21-19-37-27-59(55-53-37)20-14-22-67-38-17-15-36(16-18-38)39-28-72-56-54-39/h15-18,27-28,30-35,40-46,48,60-62,64-65H,13-14,19-26,29H2,1-12H3/t30-,31-,32-,33+,34-,35+,40+,41?,42-,43-,44-,45-,46+,48+,49-,50-,51+,52-/m1/s1. The molecule has 1 unspecified atom stereocenters. The normalized spacial score (nSPS) is 40.5. The second-order valence-electron chi connectivity index (χ2n) is 22.2. The van der Waals surface area contributed by atoms with Crippen LogP contribution in [0.4, 0.5) is 0 Å². The van der Waals surface area contributed by atoms with Crippen molar-refractivity contribution in [2.45, 2.75) is 197 Å². The van der Waals surface area contributed by atoms with E-state index in [0.29, 0.717) is 39.1 Å². The number of fused-ring (bicyclic) bond motifs is 1. The Kier molecular flexibility index (Phi) is 18.0. The highest BCUT2D eigenvalue weighted by molar-refractivity contribution is 7.03. The molecule has 3 saturated heterocycles. The molecule has 0 amide bonds. The van der Waals surface area contributed by atoms with Crippen LogP contribution in [-0.2, 0) is 41.4 Å². The zero-order valence-electron chi connectivity index (χ0n) is 44.5. The summed E-state index contributed by atoms with van der Waals surface area (Å²) in [5, 5.41) is 75.1. The fraction of sp³-hybridized carbons (Fsp3) is 0.788. The van der Waals surface area contributed by atoms with E-state index >= 15 is 0 Å². The van der Waals surface area contributed by atoms with Gasteiger partial charge in [0.2, 0.25) is 0 Å². The lowest BCUT2D eigenvalue weighted by Crippen LogP contribution is -2.61. The number of benzene rings is 1. The van der Waals surface area contributed by atoms with E-state index in [1.54, 1.807) is 27.9 Å². The molecule has 0 radical (unpaired) electrons. The molecule has 3 aliphatic heterocycles. The zero-order valence-corrected chi connectivity index (χ0v) is 45.3. The lowest BCUT2D eigenvalue weighted by Gasteiger charge is -2.50. The maximum absolute atomic E-state index is 14.7.